The Bertz CT molecular complexity index is 494. The van der Waals surface area contributed by atoms with E-state index in [1.807, 2.05) is 0 Å². The van der Waals surface area contributed by atoms with Crippen molar-refractivity contribution < 1.29 is 0 Å². The summed E-state index contributed by atoms with van der Waals surface area (Å²) in [7, 11) is 2.05. The maximum atomic E-state index is 3.36. The van der Waals surface area contributed by atoms with Gasteiger partial charge in [0.25, 0.3) is 0 Å². The average molecular weight is 214 g/mol. The van der Waals surface area contributed by atoms with Gasteiger partial charge in [0.15, 0.2) is 0 Å². The molecular formula is C14H18N2. The minimum Gasteiger partial charge on any atom is -0.361 e. The first-order valence-corrected chi connectivity index (χ1v) is 6.03. The zero-order valence-electron chi connectivity index (χ0n) is 9.72. The van der Waals surface area contributed by atoms with E-state index in [9.17, 15) is 0 Å². The van der Waals surface area contributed by atoms with Crippen LogP contribution in [-0.2, 0) is 6.42 Å². The highest BCUT2D eigenvalue weighted by Gasteiger charge is 2.42. The average Bonchev–Trinajstić information content (AvgIpc) is 2.93. The van der Waals surface area contributed by atoms with E-state index in [0.717, 1.165) is 6.54 Å². The molecule has 0 bridgehead atoms. The van der Waals surface area contributed by atoms with Crippen molar-refractivity contribution in [3.63, 3.8) is 0 Å². The van der Waals surface area contributed by atoms with Crippen molar-refractivity contribution in [1.29, 1.82) is 0 Å². The summed E-state index contributed by atoms with van der Waals surface area (Å²) in [5.74, 6) is 0. The molecule has 0 aliphatic heterocycles. The number of para-hydroxylation sites is 1. The molecule has 84 valence electrons. The third kappa shape index (κ3) is 1.63. The Morgan fingerprint density at radius 2 is 2.12 bits per heavy atom. The predicted octanol–water partition coefficient (Wildman–Crippen LogP) is 2.71. The van der Waals surface area contributed by atoms with Gasteiger partial charge in [-0.25, -0.2) is 0 Å². The van der Waals surface area contributed by atoms with Crippen molar-refractivity contribution in [1.82, 2.24) is 10.3 Å². The monoisotopic (exact) mass is 214 g/mol. The molecule has 1 aromatic heterocycles. The topological polar surface area (TPSA) is 27.8 Å². The summed E-state index contributed by atoms with van der Waals surface area (Å²) in [5.41, 5.74) is 3.28. The van der Waals surface area contributed by atoms with Crippen LogP contribution in [0.25, 0.3) is 10.9 Å². The number of rotatable bonds is 4. The predicted molar refractivity (Wildman–Crippen MR) is 67.6 cm³/mol. The van der Waals surface area contributed by atoms with Crippen LogP contribution in [0.1, 0.15) is 18.4 Å². The first kappa shape index (κ1) is 9.91. The maximum absolute atomic E-state index is 3.36. The van der Waals surface area contributed by atoms with Crippen molar-refractivity contribution >= 4 is 10.9 Å². The van der Waals surface area contributed by atoms with Gasteiger partial charge in [0.1, 0.15) is 0 Å². The molecule has 3 rings (SSSR count). The summed E-state index contributed by atoms with van der Waals surface area (Å²) in [5, 5.41) is 4.71. The van der Waals surface area contributed by atoms with E-state index in [1.54, 1.807) is 0 Å². The van der Waals surface area contributed by atoms with E-state index in [1.165, 1.54) is 35.7 Å². The number of aromatic amines is 1. The van der Waals surface area contributed by atoms with Gasteiger partial charge in [-0.3, -0.25) is 0 Å². The summed E-state index contributed by atoms with van der Waals surface area (Å²) in [6.07, 6.45) is 6.12. The van der Waals surface area contributed by atoms with E-state index in [4.69, 9.17) is 0 Å². The van der Waals surface area contributed by atoms with Gasteiger partial charge >= 0.3 is 0 Å². The summed E-state index contributed by atoms with van der Waals surface area (Å²) < 4.78 is 0. The van der Waals surface area contributed by atoms with Gasteiger partial charge < -0.3 is 10.3 Å². The Morgan fingerprint density at radius 3 is 2.88 bits per heavy atom. The van der Waals surface area contributed by atoms with Crippen LogP contribution in [0.2, 0.25) is 0 Å². The van der Waals surface area contributed by atoms with E-state index in [-0.39, 0.29) is 0 Å². The Morgan fingerprint density at radius 1 is 1.31 bits per heavy atom. The Labute approximate surface area is 96.1 Å². The molecule has 0 unspecified atom stereocenters. The van der Waals surface area contributed by atoms with Crippen LogP contribution in [0.3, 0.4) is 0 Å². The Hall–Kier alpha value is -1.28. The summed E-state index contributed by atoms with van der Waals surface area (Å²) in [6.45, 7) is 1.15. The summed E-state index contributed by atoms with van der Waals surface area (Å²) >= 11 is 0. The minimum absolute atomic E-state index is 0.541. The van der Waals surface area contributed by atoms with Crippen molar-refractivity contribution in [2.45, 2.75) is 19.3 Å². The van der Waals surface area contributed by atoms with Crippen molar-refractivity contribution in [3.05, 3.63) is 36.0 Å². The van der Waals surface area contributed by atoms with E-state index < -0.39 is 0 Å². The zero-order valence-corrected chi connectivity index (χ0v) is 9.72. The lowest BCUT2D eigenvalue weighted by Gasteiger charge is -2.13. The fourth-order valence-electron chi connectivity index (χ4n) is 2.65. The van der Waals surface area contributed by atoms with E-state index >= 15 is 0 Å². The summed E-state index contributed by atoms with van der Waals surface area (Å²) in [4.78, 5) is 3.36. The van der Waals surface area contributed by atoms with Gasteiger partial charge in [-0.1, -0.05) is 18.2 Å². The molecule has 1 aliphatic carbocycles. The highest BCUT2D eigenvalue weighted by atomic mass is 14.8. The lowest BCUT2D eigenvalue weighted by Crippen LogP contribution is -2.21. The standard InChI is InChI=1S/C14H18N2/c1-15-10-14(6-7-14)8-11-9-16-13-5-3-2-4-12(11)13/h2-5,9,15-16H,6-8,10H2,1H3. The van der Waals surface area contributed by atoms with E-state index in [2.05, 4.69) is 47.8 Å². The van der Waals surface area contributed by atoms with Gasteiger partial charge in [-0.2, -0.15) is 0 Å². The largest absolute Gasteiger partial charge is 0.361 e. The first-order valence-electron chi connectivity index (χ1n) is 6.03. The first-order chi connectivity index (χ1) is 7.83. The second-order valence-corrected chi connectivity index (χ2v) is 5.07. The van der Waals surface area contributed by atoms with Crippen LogP contribution in [-0.4, -0.2) is 18.6 Å². The van der Waals surface area contributed by atoms with Crippen LogP contribution < -0.4 is 5.32 Å². The van der Waals surface area contributed by atoms with Gasteiger partial charge in [-0.15, -0.1) is 0 Å². The number of hydrogen-bond acceptors (Lipinski definition) is 1. The molecule has 1 heterocycles. The zero-order chi connectivity index (χ0) is 11.0. The molecule has 1 aliphatic rings. The van der Waals surface area contributed by atoms with Crippen LogP contribution in [0.5, 0.6) is 0 Å². The number of aromatic nitrogens is 1. The van der Waals surface area contributed by atoms with Gasteiger partial charge in [-0.05, 0) is 43.4 Å². The minimum atomic E-state index is 0.541. The fraction of sp³-hybridized carbons (Fsp3) is 0.429. The summed E-state index contributed by atoms with van der Waals surface area (Å²) in [6, 6.07) is 8.58. The highest BCUT2D eigenvalue weighted by molar-refractivity contribution is 5.83. The second kappa shape index (κ2) is 3.63. The quantitative estimate of drug-likeness (QED) is 0.804. The molecular weight excluding hydrogens is 196 g/mol. The SMILES string of the molecule is CNCC1(Cc2c[nH]c3ccccc23)CC1. The van der Waals surface area contributed by atoms with Crippen molar-refractivity contribution in [3.8, 4) is 0 Å². The molecule has 0 spiro atoms. The molecule has 2 heteroatoms. The number of H-pyrrole nitrogens is 1. The molecule has 1 aromatic carbocycles. The fourth-order valence-corrected chi connectivity index (χ4v) is 2.65. The van der Waals surface area contributed by atoms with Gasteiger partial charge in [0, 0.05) is 23.6 Å². The molecule has 0 amide bonds. The number of fused-ring (bicyclic) bond motifs is 1. The second-order valence-electron chi connectivity index (χ2n) is 5.07. The number of nitrogens with one attached hydrogen (secondary N) is 2. The third-order valence-electron chi connectivity index (χ3n) is 3.75. The van der Waals surface area contributed by atoms with Crippen LogP contribution in [0.15, 0.2) is 30.5 Å². The smallest absolute Gasteiger partial charge is 0.0456 e. The normalized spacial score (nSPS) is 17.8. The number of benzene rings is 1. The van der Waals surface area contributed by atoms with Crippen molar-refractivity contribution in [2.24, 2.45) is 5.41 Å². The number of hydrogen-bond donors (Lipinski definition) is 2. The lowest BCUT2D eigenvalue weighted by atomic mass is 9.96. The molecule has 2 nitrogen and oxygen atoms in total. The molecule has 2 N–H and O–H groups in total. The lowest BCUT2D eigenvalue weighted by molar-refractivity contribution is 0.480. The van der Waals surface area contributed by atoms with E-state index in [0.29, 0.717) is 5.41 Å². The maximum Gasteiger partial charge on any atom is 0.0456 e. The highest BCUT2D eigenvalue weighted by Crippen LogP contribution is 2.48. The molecule has 0 atom stereocenters. The van der Waals surface area contributed by atoms with Crippen molar-refractivity contribution in [2.75, 3.05) is 13.6 Å². The molecule has 16 heavy (non-hydrogen) atoms. The molecule has 0 radical (unpaired) electrons. The Balaban J connectivity index is 1.89. The van der Waals surface area contributed by atoms with Crippen LogP contribution in [0, 0.1) is 5.41 Å². The van der Waals surface area contributed by atoms with Crippen LogP contribution in [0.4, 0.5) is 0 Å². The molecule has 0 saturated heterocycles. The third-order valence-corrected chi connectivity index (χ3v) is 3.75. The molecule has 1 saturated carbocycles. The molecule has 2 aromatic rings. The van der Waals surface area contributed by atoms with Crippen LogP contribution >= 0.6 is 0 Å². The van der Waals surface area contributed by atoms with Gasteiger partial charge in [0.2, 0.25) is 0 Å². The van der Waals surface area contributed by atoms with Gasteiger partial charge in [0.05, 0.1) is 0 Å². The Kier molecular flexibility index (Phi) is 2.25. The molecule has 1 fully saturated rings.